The van der Waals surface area contributed by atoms with E-state index in [1.54, 1.807) is 5.57 Å². The van der Waals surface area contributed by atoms with E-state index in [-0.39, 0.29) is 6.10 Å². The van der Waals surface area contributed by atoms with Crippen molar-refractivity contribution in [1.82, 2.24) is 0 Å². The second-order valence-electron chi connectivity index (χ2n) is 5.29. The monoisotopic (exact) mass is 226 g/mol. The lowest BCUT2D eigenvalue weighted by Gasteiger charge is -2.05. The maximum Gasteiger partial charge on any atom is 0.0512 e. The summed E-state index contributed by atoms with van der Waals surface area (Å²) < 4.78 is 0. The first-order chi connectivity index (χ1) is 7.54. The van der Waals surface area contributed by atoms with Crippen LogP contribution in [0.15, 0.2) is 11.1 Å². The summed E-state index contributed by atoms with van der Waals surface area (Å²) in [6, 6.07) is 0. The first kappa shape index (κ1) is 15.7. The van der Waals surface area contributed by atoms with Gasteiger partial charge in [0.15, 0.2) is 0 Å². The molecule has 1 N–H and O–H groups in total. The fraction of sp³-hybridized carbons (Fsp3) is 0.867. The van der Waals surface area contributed by atoms with Crippen molar-refractivity contribution < 1.29 is 5.11 Å². The molecule has 0 aliphatic carbocycles. The molecule has 1 atom stereocenters. The van der Waals surface area contributed by atoms with Gasteiger partial charge in [-0.1, -0.05) is 43.3 Å². The van der Waals surface area contributed by atoms with Crippen molar-refractivity contribution in [1.29, 1.82) is 0 Å². The molecule has 0 aromatic rings. The summed E-state index contributed by atoms with van der Waals surface area (Å²) in [6.45, 7) is 8.52. The SMILES string of the molecule is CC(C)=C(C)CCCCCCCCC(C)O. The molecule has 0 saturated heterocycles. The molecule has 0 aliphatic heterocycles. The van der Waals surface area contributed by atoms with Crippen LogP contribution in [0.25, 0.3) is 0 Å². The van der Waals surface area contributed by atoms with Gasteiger partial charge < -0.3 is 5.11 Å². The van der Waals surface area contributed by atoms with Gasteiger partial charge in [0.2, 0.25) is 0 Å². The maximum absolute atomic E-state index is 9.10. The van der Waals surface area contributed by atoms with Crippen molar-refractivity contribution in [2.45, 2.75) is 85.2 Å². The van der Waals surface area contributed by atoms with E-state index in [1.807, 2.05) is 6.92 Å². The second kappa shape index (κ2) is 9.89. The van der Waals surface area contributed by atoms with Crippen LogP contribution >= 0.6 is 0 Å². The number of hydrogen-bond acceptors (Lipinski definition) is 1. The predicted octanol–water partition coefficient (Wildman–Crippen LogP) is 4.84. The van der Waals surface area contributed by atoms with Crippen LogP contribution in [0, 0.1) is 0 Å². The lowest BCUT2D eigenvalue weighted by atomic mass is 10.0. The van der Waals surface area contributed by atoms with E-state index in [9.17, 15) is 0 Å². The second-order valence-corrected chi connectivity index (χ2v) is 5.29. The molecule has 0 amide bonds. The number of hydrogen-bond donors (Lipinski definition) is 1. The Morgan fingerprint density at radius 2 is 1.38 bits per heavy atom. The van der Waals surface area contributed by atoms with Gasteiger partial charge in [0.25, 0.3) is 0 Å². The van der Waals surface area contributed by atoms with E-state index in [4.69, 9.17) is 5.11 Å². The van der Waals surface area contributed by atoms with E-state index in [0.29, 0.717) is 0 Å². The van der Waals surface area contributed by atoms with E-state index in [2.05, 4.69) is 20.8 Å². The average Bonchev–Trinajstić information content (AvgIpc) is 2.21. The first-order valence-corrected chi connectivity index (χ1v) is 6.85. The van der Waals surface area contributed by atoms with Crippen LogP contribution in [0.5, 0.6) is 0 Å². The van der Waals surface area contributed by atoms with Gasteiger partial charge in [0.1, 0.15) is 0 Å². The van der Waals surface area contributed by atoms with Gasteiger partial charge in [0, 0.05) is 0 Å². The smallest absolute Gasteiger partial charge is 0.0512 e. The van der Waals surface area contributed by atoms with Crippen molar-refractivity contribution in [3.05, 3.63) is 11.1 Å². The van der Waals surface area contributed by atoms with Crippen LogP contribution in [0.4, 0.5) is 0 Å². The summed E-state index contributed by atoms with van der Waals surface area (Å²) in [5.41, 5.74) is 3.05. The minimum absolute atomic E-state index is 0.111. The molecule has 1 unspecified atom stereocenters. The highest BCUT2D eigenvalue weighted by Gasteiger charge is 1.96. The van der Waals surface area contributed by atoms with Crippen molar-refractivity contribution >= 4 is 0 Å². The van der Waals surface area contributed by atoms with Gasteiger partial charge in [-0.2, -0.15) is 0 Å². The highest BCUT2D eigenvalue weighted by molar-refractivity contribution is 5.06. The average molecular weight is 226 g/mol. The molecule has 0 fully saturated rings. The number of rotatable bonds is 9. The molecule has 0 aliphatic rings. The fourth-order valence-corrected chi connectivity index (χ4v) is 1.79. The third-order valence-corrected chi connectivity index (χ3v) is 3.28. The van der Waals surface area contributed by atoms with Gasteiger partial charge >= 0.3 is 0 Å². The Balaban J connectivity index is 3.19. The van der Waals surface area contributed by atoms with E-state index in [1.165, 1.54) is 50.5 Å². The van der Waals surface area contributed by atoms with Crippen LogP contribution in [0.1, 0.15) is 79.1 Å². The van der Waals surface area contributed by atoms with E-state index < -0.39 is 0 Å². The minimum Gasteiger partial charge on any atom is -0.393 e. The Kier molecular flexibility index (Phi) is 9.71. The highest BCUT2D eigenvalue weighted by Crippen LogP contribution is 2.14. The zero-order valence-corrected chi connectivity index (χ0v) is 11.7. The van der Waals surface area contributed by atoms with E-state index >= 15 is 0 Å². The molecule has 96 valence electrons. The predicted molar refractivity (Wildman–Crippen MR) is 72.7 cm³/mol. The van der Waals surface area contributed by atoms with Crippen LogP contribution in [-0.4, -0.2) is 11.2 Å². The normalized spacial score (nSPS) is 12.6. The molecule has 0 aromatic heterocycles. The molecule has 1 nitrogen and oxygen atoms in total. The summed E-state index contributed by atoms with van der Waals surface area (Å²) >= 11 is 0. The van der Waals surface area contributed by atoms with Crippen LogP contribution in [-0.2, 0) is 0 Å². The summed E-state index contributed by atoms with van der Waals surface area (Å²) in [5, 5.41) is 9.10. The molecule has 0 aromatic carbocycles. The lowest BCUT2D eigenvalue weighted by molar-refractivity contribution is 0.180. The molecule has 0 bridgehead atoms. The summed E-state index contributed by atoms with van der Waals surface area (Å²) in [5.74, 6) is 0. The third-order valence-electron chi connectivity index (χ3n) is 3.28. The molecular weight excluding hydrogens is 196 g/mol. The summed E-state index contributed by atoms with van der Waals surface area (Å²) in [4.78, 5) is 0. The number of aliphatic hydroxyl groups is 1. The zero-order valence-electron chi connectivity index (χ0n) is 11.7. The van der Waals surface area contributed by atoms with Crippen LogP contribution in [0.2, 0.25) is 0 Å². The summed E-state index contributed by atoms with van der Waals surface area (Å²) in [6.07, 6.45) is 9.99. The number of allylic oxidation sites excluding steroid dienone is 2. The standard InChI is InChI=1S/C15H30O/c1-13(2)14(3)11-9-7-5-6-8-10-12-15(4)16/h15-16H,5-12H2,1-4H3. The van der Waals surface area contributed by atoms with Crippen LogP contribution < -0.4 is 0 Å². The molecule has 0 saturated carbocycles. The van der Waals surface area contributed by atoms with Crippen LogP contribution in [0.3, 0.4) is 0 Å². The van der Waals surface area contributed by atoms with Gasteiger partial charge in [-0.3, -0.25) is 0 Å². The number of unbranched alkanes of at least 4 members (excludes halogenated alkanes) is 5. The van der Waals surface area contributed by atoms with Gasteiger partial charge in [-0.15, -0.1) is 0 Å². The summed E-state index contributed by atoms with van der Waals surface area (Å²) in [7, 11) is 0. The van der Waals surface area contributed by atoms with Crippen molar-refractivity contribution in [3.8, 4) is 0 Å². The Morgan fingerprint density at radius 3 is 1.88 bits per heavy atom. The van der Waals surface area contributed by atoms with Crippen molar-refractivity contribution in [2.75, 3.05) is 0 Å². The maximum atomic E-state index is 9.10. The topological polar surface area (TPSA) is 20.2 Å². The van der Waals surface area contributed by atoms with E-state index in [0.717, 1.165) is 6.42 Å². The largest absolute Gasteiger partial charge is 0.393 e. The Bertz CT molecular complexity index is 188. The minimum atomic E-state index is -0.111. The first-order valence-electron chi connectivity index (χ1n) is 6.85. The zero-order chi connectivity index (χ0) is 12.4. The Morgan fingerprint density at radius 1 is 0.875 bits per heavy atom. The van der Waals surface area contributed by atoms with Gasteiger partial charge in [-0.25, -0.2) is 0 Å². The molecular formula is C15H30O. The molecule has 1 heteroatoms. The fourth-order valence-electron chi connectivity index (χ4n) is 1.79. The molecule has 0 spiro atoms. The quantitative estimate of drug-likeness (QED) is 0.440. The van der Waals surface area contributed by atoms with Crippen molar-refractivity contribution in [2.24, 2.45) is 0 Å². The van der Waals surface area contributed by atoms with Crippen molar-refractivity contribution in [3.63, 3.8) is 0 Å². The lowest BCUT2D eigenvalue weighted by Crippen LogP contribution is -1.98. The third kappa shape index (κ3) is 10.2. The van der Waals surface area contributed by atoms with Gasteiger partial charge in [-0.05, 0) is 47.0 Å². The number of aliphatic hydroxyl groups excluding tert-OH is 1. The molecule has 0 heterocycles. The Hall–Kier alpha value is -0.300. The molecule has 16 heavy (non-hydrogen) atoms. The Labute approximate surface area is 102 Å². The molecule has 0 radical (unpaired) electrons. The van der Waals surface area contributed by atoms with Gasteiger partial charge in [0.05, 0.1) is 6.10 Å². The highest BCUT2D eigenvalue weighted by atomic mass is 16.3. The molecule has 0 rings (SSSR count).